The van der Waals surface area contributed by atoms with Gasteiger partial charge in [-0.1, -0.05) is 23.7 Å². The molecule has 0 saturated carbocycles. The van der Waals surface area contributed by atoms with Crippen LogP contribution in [0.5, 0.6) is 0 Å². The van der Waals surface area contributed by atoms with E-state index in [9.17, 15) is 4.79 Å². The number of nitrogens with zero attached hydrogens (tertiary/aromatic N) is 1. The molecule has 3 nitrogen and oxygen atoms in total. The van der Waals surface area contributed by atoms with Crippen LogP contribution in [0.3, 0.4) is 0 Å². The van der Waals surface area contributed by atoms with Gasteiger partial charge in [0.15, 0.2) is 0 Å². The molecule has 0 unspecified atom stereocenters. The predicted molar refractivity (Wildman–Crippen MR) is 80.4 cm³/mol. The van der Waals surface area contributed by atoms with Crippen LogP contribution in [0.1, 0.15) is 34.2 Å². The van der Waals surface area contributed by atoms with Crippen LogP contribution in [-0.2, 0) is 11.3 Å². The van der Waals surface area contributed by atoms with Gasteiger partial charge >= 0.3 is 5.97 Å². The third-order valence-electron chi connectivity index (χ3n) is 3.30. The minimum Gasteiger partial charge on any atom is -0.462 e. The maximum atomic E-state index is 11.9. The molecule has 1 aromatic carbocycles. The Hall–Kier alpha value is -1.74. The van der Waals surface area contributed by atoms with Crippen molar-refractivity contribution < 1.29 is 9.53 Å². The lowest BCUT2D eigenvalue weighted by Crippen LogP contribution is -2.08. The number of hydrogen-bond donors (Lipinski definition) is 0. The van der Waals surface area contributed by atoms with Gasteiger partial charge < -0.3 is 9.30 Å². The third kappa shape index (κ3) is 3.05. The molecule has 2 rings (SSSR count). The fourth-order valence-corrected chi connectivity index (χ4v) is 2.49. The Kier molecular flexibility index (Phi) is 4.50. The zero-order chi connectivity index (χ0) is 14.7. The van der Waals surface area contributed by atoms with Crippen molar-refractivity contribution in [2.75, 3.05) is 6.61 Å². The number of rotatable bonds is 4. The quantitative estimate of drug-likeness (QED) is 0.798. The van der Waals surface area contributed by atoms with Gasteiger partial charge in [-0.3, -0.25) is 0 Å². The first kappa shape index (κ1) is 14.7. The normalized spacial score (nSPS) is 10.6. The Morgan fingerprint density at radius 2 is 2.05 bits per heavy atom. The standard InChI is InChI=1S/C16H18ClNO2/c1-4-20-16(19)15-8-11(2)18(12(15)3)10-13-6-5-7-14(17)9-13/h5-9H,4,10H2,1-3H3. The Morgan fingerprint density at radius 3 is 2.70 bits per heavy atom. The number of aryl methyl sites for hydroxylation is 1. The number of aromatic nitrogens is 1. The van der Waals surface area contributed by atoms with Crippen LogP contribution in [0.15, 0.2) is 30.3 Å². The van der Waals surface area contributed by atoms with Crippen LogP contribution in [0.2, 0.25) is 5.02 Å². The lowest BCUT2D eigenvalue weighted by molar-refractivity contribution is 0.0525. The largest absolute Gasteiger partial charge is 0.462 e. The molecular formula is C16H18ClNO2. The molecule has 0 radical (unpaired) electrons. The highest BCUT2D eigenvalue weighted by atomic mass is 35.5. The van der Waals surface area contributed by atoms with Crippen molar-refractivity contribution >= 4 is 17.6 Å². The average Bonchev–Trinajstić information content (AvgIpc) is 2.67. The van der Waals surface area contributed by atoms with E-state index in [1.54, 1.807) is 0 Å². The summed E-state index contributed by atoms with van der Waals surface area (Å²) in [6, 6.07) is 9.61. The van der Waals surface area contributed by atoms with Gasteiger partial charge in [0, 0.05) is 23.0 Å². The average molecular weight is 292 g/mol. The Bertz CT molecular complexity index is 631. The fourth-order valence-electron chi connectivity index (χ4n) is 2.28. The van der Waals surface area contributed by atoms with E-state index in [-0.39, 0.29) is 5.97 Å². The summed E-state index contributed by atoms with van der Waals surface area (Å²) >= 11 is 6.00. The Morgan fingerprint density at radius 1 is 1.30 bits per heavy atom. The van der Waals surface area contributed by atoms with E-state index in [0.717, 1.165) is 22.0 Å². The summed E-state index contributed by atoms with van der Waals surface area (Å²) in [5.41, 5.74) is 3.69. The molecule has 0 atom stereocenters. The van der Waals surface area contributed by atoms with Gasteiger partial charge in [-0.05, 0) is 44.5 Å². The van der Waals surface area contributed by atoms with Gasteiger partial charge in [0.2, 0.25) is 0 Å². The zero-order valence-corrected chi connectivity index (χ0v) is 12.7. The van der Waals surface area contributed by atoms with Crippen molar-refractivity contribution in [3.63, 3.8) is 0 Å². The number of halogens is 1. The molecule has 1 heterocycles. The first-order valence-corrected chi connectivity index (χ1v) is 6.99. The van der Waals surface area contributed by atoms with Gasteiger partial charge in [-0.15, -0.1) is 0 Å². The van der Waals surface area contributed by atoms with Crippen LogP contribution in [0, 0.1) is 13.8 Å². The maximum Gasteiger partial charge on any atom is 0.339 e. The molecule has 0 fully saturated rings. The second-order valence-electron chi connectivity index (χ2n) is 4.72. The van der Waals surface area contributed by atoms with Crippen LogP contribution < -0.4 is 0 Å². The molecule has 0 N–H and O–H groups in total. The molecule has 4 heteroatoms. The lowest BCUT2D eigenvalue weighted by atomic mass is 10.2. The predicted octanol–water partition coefficient (Wildman–Crippen LogP) is 3.98. The monoisotopic (exact) mass is 291 g/mol. The third-order valence-corrected chi connectivity index (χ3v) is 3.53. The topological polar surface area (TPSA) is 31.2 Å². The first-order valence-electron chi connectivity index (χ1n) is 6.61. The van der Waals surface area contributed by atoms with E-state index in [2.05, 4.69) is 4.57 Å². The Balaban J connectivity index is 2.31. The summed E-state index contributed by atoms with van der Waals surface area (Å²) in [7, 11) is 0. The highest BCUT2D eigenvalue weighted by Gasteiger charge is 2.16. The van der Waals surface area contributed by atoms with Crippen LogP contribution in [0.25, 0.3) is 0 Å². The summed E-state index contributed by atoms with van der Waals surface area (Å²) in [5.74, 6) is -0.266. The van der Waals surface area contributed by atoms with Gasteiger partial charge in [0.05, 0.1) is 12.2 Å². The molecule has 0 aliphatic carbocycles. The number of carbonyl (C=O) groups excluding carboxylic acids is 1. The number of ether oxygens (including phenoxy) is 1. The molecule has 0 aliphatic rings. The van der Waals surface area contributed by atoms with Gasteiger partial charge in [0.25, 0.3) is 0 Å². The van der Waals surface area contributed by atoms with Crippen molar-refractivity contribution in [2.24, 2.45) is 0 Å². The molecule has 0 amide bonds. The molecule has 0 aliphatic heterocycles. The fraction of sp³-hybridized carbons (Fsp3) is 0.312. The minimum atomic E-state index is -0.266. The van der Waals surface area contributed by atoms with Crippen molar-refractivity contribution in [1.29, 1.82) is 0 Å². The van der Waals surface area contributed by atoms with Crippen molar-refractivity contribution in [3.05, 3.63) is 57.9 Å². The SMILES string of the molecule is CCOC(=O)c1cc(C)n(Cc2cccc(Cl)c2)c1C. The molecule has 0 bridgehead atoms. The zero-order valence-electron chi connectivity index (χ0n) is 11.9. The van der Waals surface area contributed by atoms with Gasteiger partial charge in [-0.25, -0.2) is 4.79 Å². The summed E-state index contributed by atoms with van der Waals surface area (Å²) in [5, 5.41) is 0.718. The highest BCUT2D eigenvalue weighted by molar-refractivity contribution is 6.30. The second-order valence-corrected chi connectivity index (χ2v) is 5.16. The molecule has 0 spiro atoms. The van der Waals surface area contributed by atoms with E-state index in [0.29, 0.717) is 18.7 Å². The second kappa shape index (κ2) is 6.14. The summed E-state index contributed by atoms with van der Waals surface area (Å²) in [6.45, 7) is 6.81. The van der Waals surface area contributed by atoms with Crippen molar-refractivity contribution in [1.82, 2.24) is 4.57 Å². The van der Waals surface area contributed by atoms with Crippen LogP contribution in [0.4, 0.5) is 0 Å². The number of hydrogen-bond acceptors (Lipinski definition) is 2. The van der Waals surface area contributed by atoms with Crippen LogP contribution in [-0.4, -0.2) is 17.1 Å². The molecule has 0 saturated heterocycles. The van der Waals surface area contributed by atoms with E-state index >= 15 is 0 Å². The van der Waals surface area contributed by atoms with Gasteiger partial charge in [-0.2, -0.15) is 0 Å². The van der Waals surface area contributed by atoms with Gasteiger partial charge in [0.1, 0.15) is 0 Å². The highest BCUT2D eigenvalue weighted by Crippen LogP contribution is 2.19. The van der Waals surface area contributed by atoms with E-state index in [1.807, 2.05) is 51.1 Å². The van der Waals surface area contributed by atoms with E-state index in [4.69, 9.17) is 16.3 Å². The lowest BCUT2D eigenvalue weighted by Gasteiger charge is -2.10. The number of benzene rings is 1. The number of esters is 1. The minimum absolute atomic E-state index is 0.266. The van der Waals surface area contributed by atoms with E-state index < -0.39 is 0 Å². The van der Waals surface area contributed by atoms with Crippen molar-refractivity contribution in [2.45, 2.75) is 27.3 Å². The number of carbonyl (C=O) groups is 1. The molecule has 20 heavy (non-hydrogen) atoms. The van der Waals surface area contributed by atoms with Crippen molar-refractivity contribution in [3.8, 4) is 0 Å². The molecule has 2 aromatic rings. The molecule has 106 valence electrons. The van der Waals surface area contributed by atoms with Crippen LogP contribution >= 0.6 is 11.6 Å². The summed E-state index contributed by atoms with van der Waals surface area (Å²) in [4.78, 5) is 11.9. The smallest absolute Gasteiger partial charge is 0.339 e. The molecular weight excluding hydrogens is 274 g/mol. The van der Waals surface area contributed by atoms with E-state index in [1.165, 1.54) is 0 Å². The summed E-state index contributed by atoms with van der Waals surface area (Å²) < 4.78 is 7.17. The maximum absolute atomic E-state index is 11.9. The molecule has 1 aromatic heterocycles. The Labute approximate surface area is 124 Å². The summed E-state index contributed by atoms with van der Waals surface area (Å²) in [6.07, 6.45) is 0. The first-order chi connectivity index (χ1) is 9.52.